The lowest BCUT2D eigenvalue weighted by Crippen LogP contribution is -2.22. The summed E-state index contributed by atoms with van der Waals surface area (Å²) in [4.78, 5) is 40.4. The molecule has 2 aromatic carbocycles. The van der Waals surface area contributed by atoms with E-state index in [1.165, 1.54) is 18.4 Å². The van der Waals surface area contributed by atoms with Gasteiger partial charge in [-0.1, -0.05) is 12.1 Å². The maximum atomic E-state index is 12.7. The minimum atomic E-state index is -0.618. The van der Waals surface area contributed by atoms with E-state index in [-0.39, 0.29) is 12.4 Å². The summed E-state index contributed by atoms with van der Waals surface area (Å²) in [5.41, 5.74) is 3.09. The topological polar surface area (TPSA) is 103 Å². The van der Waals surface area contributed by atoms with Crippen molar-refractivity contribution in [3.63, 3.8) is 0 Å². The molecular weight excluding hydrogens is 484 g/mol. The van der Waals surface area contributed by atoms with Crippen molar-refractivity contribution < 1.29 is 33.3 Å². The predicted molar refractivity (Wildman–Crippen MR) is 135 cm³/mol. The molecule has 0 bridgehead atoms. The van der Waals surface area contributed by atoms with Gasteiger partial charge in [-0.2, -0.15) is 0 Å². The van der Waals surface area contributed by atoms with E-state index in [9.17, 15) is 14.4 Å². The van der Waals surface area contributed by atoms with Crippen LogP contribution in [-0.2, 0) is 20.7 Å². The van der Waals surface area contributed by atoms with Crippen molar-refractivity contribution in [1.29, 1.82) is 0 Å². The van der Waals surface area contributed by atoms with E-state index in [0.29, 0.717) is 28.5 Å². The SMILES string of the molecule is COC(=O)c1c(NC(=O)COC(=O)c2cccc(N(C)C)c2)sc(C)c1Cc1ccc2c(c1)OCO2. The number of carbonyl (C=O) groups excluding carboxylic acids is 3. The Morgan fingerprint density at radius 3 is 2.58 bits per heavy atom. The summed E-state index contributed by atoms with van der Waals surface area (Å²) in [7, 11) is 5.01. The van der Waals surface area contributed by atoms with Crippen LogP contribution in [-0.4, -0.2) is 52.5 Å². The Hall–Kier alpha value is -4.05. The molecule has 0 fully saturated rings. The summed E-state index contributed by atoms with van der Waals surface area (Å²) in [6.07, 6.45) is 0.427. The summed E-state index contributed by atoms with van der Waals surface area (Å²) in [5.74, 6) is -0.430. The summed E-state index contributed by atoms with van der Waals surface area (Å²) in [6, 6.07) is 12.5. The fraction of sp³-hybridized carbons (Fsp3) is 0.269. The van der Waals surface area contributed by atoms with Gasteiger partial charge in [-0.25, -0.2) is 9.59 Å². The molecule has 0 aliphatic carbocycles. The number of nitrogens with one attached hydrogen (secondary N) is 1. The first kappa shape index (κ1) is 25.1. The Labute approximate surface area is 212 Å². The van der Waals surface area contributed by atoms with Crippen LogP contribution in [0, 0.1) is 6.92 Å². The van der Waals surface area contributed by atoms with Crippen molar-refractivity contribution in [1.82, 2.24) is 0 Å². The zero-order valence-electron chi connectivity index (χ0n) is 20.4. The van der Waals surface area contributed by atoms with Crippen molar-refractivity contribution in [2.24, 2.45) is 0 Å². The van der Waals surface area contributed by atoms with E-state index < -0.39 is 24.5 Å². The van der Waals surface area contributed by atoms with Gasteiger partial charge in [0.2, 0.25) is 6.79 Å². The Kier molecular flexibility index (Phi) is 7.44. The first-order valence-corrected chi connectivity index (χ1v) is 11.9. The normalized spacial score (nSPS) is 11.7. The van der Waals surface area contributed by atoms with Crippen molar-refractivity contribution >= 4 is 39.9 Å². The van der Waals surface area contributed by atoms with Gasteiger partial charge >= 0.3 is 11.9 Å². The van der Waals surface area contributed by atoms with E-state index in [1.54, 1.807) is 18.2 Å². The summed E-state index contributed by atoms with van der Waals surface area (Å²) >= 11 is 1.26. The maximum absolute atomic E-state index is 12.7. The van der Waals surface area contributed by atoms with Crippen molar-refractivity contribution in [2.75, 3.05) is 44.8 Å². The third kappa shape index (κ3) is 5.44. The molecule has 0 spiro atoms. The number of aryl methyl sites for hydroxylation is 1. The zero-order valence-corrected chi connectivity index (χ0v) is 21.2. The van der Waals surface area contributed by atoms with Crippen LogP contribution in [0.1, 0.15) is 36.7 Å². The number of methoxy groups -OCH3 is 1. The number of hydrogen-bond donors (Lipinski definition) is 1. The fourth-order valence-electron chi connectivity index (χ4n) is 3.74. The summed E-state index contributed by atoms with van der Waals surface area (Å²) in [5, 5.41) is 3.04. The van der Waals surface area contributed by atoms with Crippen LogP contribution < -0.4 is 19.7 Å². The third-order valence-corrected chi connectivity index (χ3v) is 6.66. The molecule has 0 saturated heterocycles. The second kappa shape index (κ2) is 10.7. The van der Waals surface area contributed by atoms with Gasteiger partial charge in [-0.15, -0.1) is 11.3 Å². The van der Waals surface area contributed by atoms with Gasteiger partial charge in [0.15, 0.2) is 18.1 Å². The van der Waals surface area contributed by atoms with E-state index in [4.69, 9.17) is 18.9 Å². The molecule has 1 amide bonds. The molecule has 2 heterocycles. The standard InChI is InChI=1S/C26H26N2O7S/c1-15-19(10-16-8-9-20-21(11-16)35-14-34-20)23(26(31)32-4)24(36-15)27-22(29)13-33-25(30)17-6-5-7-18(12-17)28(2)3/h5-9,11-12H,10,13-14H2,1-4H3,(H,27,29). The van der Waals surface area contributed by atoms with Gasteiger partial charge in [0, 0.05) is 24.7 Å². The Bertz CT molecular complexity index is 1320. The van der Waals surface area contributed by atoms with Gasteiger partial charge in [0.1, 0.15) is 5.00 Å². The minimum absolute atomic E-state index is 0.172. The molecule has 3 aromatic rings. The number of nitrogens with zero attached hydrogens (tertiary/aromatic N) is 1. The highest BCUT2D eigenvalue weighted by Gasteiger charge is 2.25. The number of rotatable bonds is 8. The number of hydrogen-bond acceptors (Lipinski definition) is 9. The highest BCUT2D eigenvalue weighted by molar-refractivity contribution is 7.16. The number of amides is 1. The minimum Gasteiger partial charge on any atom is -0.465 e. The molecule has 9 nitrogen and oxygen atoms in total. The van der Waals surface area contributed by atoms with Crippen LogP contribution in [0.4, 0.5) is 10.7 Å². The van der Waals surface area contributed by atoms with Gasteiger partial charge in [0.25, 0.3) is 5.91 Å². The Morgan fingerprint density at radius 2 is 1.83 bits per heavy atom. The molecule has 1 aliphatic rings. The largest absolute Gasteiger partial charge is 0.465 e. The second-order valence-corrected chi connectivity index (χ2v) is 9.49. The Balaban J connectivity index is 1.48. The van der Waals surface area contributed by atoms with Crippen LogP contribution in [0.5, 0.6) is 11.5 Å². The second-order valence-electron chi connectivity index (χ2n) is 8.27. The maximum Gasteiger partial charge on any atom is 0.341 e. The molecule has 0 atom stereocenters. The smallest absolute Gasteiger partial charge is 0.341 e. The van der Waals surface area contributed by atoms with Gasteiger partial charge in [-0.3, -0.25) is 4.79 Å². The monoisotopic (exact) mass is 510 g/mol. The van der Waals surface area contributed by atoms with E-state index in [2.05, 4.69) is 5.32 Å². The molecule has 36 heavy (non-hydrogen) atoms. The van der Waals surface area contributed by atoms with Gasteiger partial charge in [-0.05, 0) is 54.8 Å². The number of anilines is 2. The molecular formula is C26H26N2O7S. The highest BCUT2D eigenvalue weighted by Crippen LogP contribution is 2.37. The molecule has 1 aromatic heterocycles. The lowest BCUT2D eigenvalue weighted by atomic mass is 10.0. The highest BCUT2D eigenvalue weighted by atomic mass is 32.1. The average Bonchev–Trinajstić information content (AvgIpc) is 3.45. The average molecular weight is 511 g/mol. The number of fused-ring (bicyclic) bond motifs is 1. The van der Waals surface area contributed by atoms with Gasteiger partial charge < -0.3 is 29.2 Å². The van der Waals surface area contributed by atoms with Crippen molar-refractivity contribution in [2.45, 2.75) is 13.3 Å². The number of thiophene rings is 1. The van der Waals surface area contributed by atoms with E-state index in [0.717, 1.165) is 21.7 Å². The first-order chi connectivity index (χ1) is 17.3. The van der Waals surface area contributed by atoms with Crippen molar-refractivity contribution in [3.8, 4) is 11.5 Å². The fourth-order valence-corrected chi connectivity index (χ4v) is 4.82. The quantitative estimate of drug-likeness (QED) is 0.453. The van der Waals surface area contributed by atoms with Crippen molar-refractivity contribution in [3.05, 3.63) is 69.6 Å². The summed E-state index contributed by atoms with van der Waals surface area (Å²) in [6.45, 7) is 1.54. The third-order valence-electron chi connectivity index (χ3n) is 5.60. The number of ether oxygens (including phenoxy) is 4. The number of esters is 2. The van der Waals surface area contributed by atoms with E-state index >= 15 is 0 Å². The number of carbonyl (C=O) groups is 3. The van der Waals surface area contributed by atoms with Gasteiger partial charge in [0.05, 0.1) is 18.2 Å². The molecule has 0 unspecified atom stereocenters. The van der Waals surface area contributed by atoms with Crippen LogP contribution in [0.3, 0.4) is 0 Å². The zero-order chi connectivity index (χ0) is 25.8. The van der Waals surface area contributed by atoms with Crippen LogP contribution in [0.25, 0.3) is 0 Å². The van der Waals surface area contributed by atoms with Crippen LogP contribution in [0.15, 0.2) is 42.5 Å². The molecule has 1 N–H and O–H groups in total. The lowest BCUT2D eigenvalue weighted by molar-refractivity contribution is -0.119. The predicted octanol–water partition coefficient (Wildman–Crippen LogP) is 4.02. The van der Waals surface area contributed by atoms with Crippen LogP contribution >= 0.6 is 11.3 Å². The van der Waals surface area contributed by atoms with Crippen LogP contribution in [0.2, 0.25) is 0 Å². The molecule has 10 heteroatoms. The lowest BCUT2D eigenvalue weighted by Gasteiger charge is -2.13. The molecule has 0 saturated carbocycles. The molecule has 4 rings (SSSR count). The molecule has 188 valence electrons. The molecule has 0 radical (unpaired) electrons. The summed E-state index contributed by atoms with van der Waals surface area (Å²) < 4.78 is 21.0. The van der Waals surface area contributed by atoms with E-state index in [1.807, 2.05) is 50.2 Å². The Morgan fingerprint density at radius 1 is 1.06 bits per heavy atom. The number of benzene rings is 2. The molecule has 1 aliphatic heterocycles. The first-order valence-electron chi connectivity index (χ1n) is 11.1.